The highest BCUT2D eigenvalue weighted by Gasteiger charge is 2.23. The molecule has 0 amide bonds. The lowest BCUT2D eigenvalue weighted by atomic mass is 9.78. The van der Waals surface area contributed by atoms with Crippen LogP contribution in [0.2, 0.25) is 0 Å². The molecule has 2 rings (SSSR count). The smallest absolute Gasteiger partial charge is 0.0994 e. The zero-order chi connectivity index (χ0) is 12.1. The van der Waals surface area contributed by atoms with Crippen LogP contribution < -0.4 is 0 Å². The second-order valence-corrected chi connectivity index (χ2v) is 4.87. The highest BCUT2D eigenvalue weighted by atomic mass is 16.5. The van der Waals surface area contributed by atoms with E-state index in [0.29, 0.717) is 11.8 Å². The molecule has 0 atom stereocenters. The largest absolute Gasteiger partial charge is 0.384 e. The van der Waals surface area contributed by atoms with Gasteiger partial charge in [0.05, 0.1) is 11.6 Å². The van der Waals surface area contributed by atoms with E-state index in [9.17, 15) is 0 Å². The van der Waals surface area contributed by atoms with Gasteiger partial charge in [0.2, 0.25) is 0 Å². The molecule has 1 aromatic carbocycles. The molecule has 0 aromatic heterocycles. The first kappa shape index (κ1) is 12.1. The summed E-state index contributed by atoms with van der Waals surface area (Å²) in [4.78, 5) is 0. The van der Waals surface area contributed by atoms with Gasteiger partial charge < -0.3 is 4.74 Å². The number of hydrogen-bond donors (Lipinski definition) is 0. The number of ether oxygens (including phenoxy) is 1. The minimum absolute atomic E-state index is 0.568. The summed E-state index contributed by atoms with van der Waals surface area (Å²) in [7, 11) is 1.77. The number of methoxy groups -OCH3 is 1. The van der Waals surface area contributed by atoms with Gasteiger partial charge >= 0.3 is 0 Å². The van der Waals surface area contributed by atoms with E-state index in [0.717, 1.165) is 12.2 Å². The molecule has 2 nitrogen and oxygen atoms in total. The summed E-state index contributed by atoms with van der Waals surface area (Å²) in [5.41, 5.74) is 2.09. The van der Waals surface area contributed by atoms with E-state index < -0.39 is 0 Å². The maximum absolute atomic E-state index is 9.12. The molecule has 2 heteroatoms. The van der Waals surface area contributed by atoms with Crippen molar-refractivity contribution in [2.24, 2.45) is 5.92 Å². The summed E-state index contributed by atoms with van der Waals surface area (Å²) >= 11 is 0. The van der Waals surface area contributed by atoms with Gasteiger partial charge in [0.1, 0.15) is 0 Å². The van der Waals surface area contributed by atoms with E-state index in [-0.39, 0.29) is 0 Å². The fourth-order valence-corrected chi connectivity index (χ4v) is 2.83. The van der Waals surface area contributed by atoms with Crippen molar-refractivity contribution in [2.45, 2.75) is 31.6 Å². The Labute approximate surface area is 103 Å². The maximum atomic E-state index is 9.12. The molecule has 0 spiro atoms. The SMILES string of the molecule is COCC1CCC(c2ccccc2C#N)CC1. The normalized spacial score (nSPS) is 24.2. The molecule has 0 heterocycles. The summed E-state index contributed by atoms with van der Waals surface area (Å²) in [6, 6.07) is 10.3. The van der Waals surface area contributed by atoms with Crippen LogP contribution in [0.1, 0.15) is 42.7 Å². The fraction of sp³-hybridized carbons (Fsp3) is 0.533. The van der Waals surface area contributed by atoms with Crippen LogP contribution in [0.25, 0.3) is 0 Å². The molecule has 90 valence electrons. The van der Waals surface area contributed by atoms with Crippen LogP contribution in [0.5, 0.6) is 0 Å². The average molecular weight is 229 g/mol. The fourth-order valence-electron chi connectivity index (χ4n) is 2.83. The first-order valence-corrected chi connectivity index (χ1v) is 6.33. The first-order chi connectivity index (χ1) is 8.35. The zero-order valence-corrected chi connectivity index (χ0v) is 10.4. The molecule has 1 aromatic rings. The number of rotatable bonds is 3. The lowest BCUT2D eigenvalue weighted by Crippen LogP contribution is -2.17. The lowest BCUT2D eigenvalue weighted by molar-refractivity contribution is 0.127. The van der Waals surface area contributed by atoms with Crippen molar-refractivity contribution in [3.63, 3.8) is 0 Å². The van der Waals surface area contributed by atoms with Gasteiger partial charge in [-0.2, -0.15) is 5.26 Å². The first-order valence-electron chi connectivity index (χ1n) is 6.33. The molecular weight excluding hydrogens is 210 g/mol. The Morgan fingerprint density at radius 2 is 1.94 bits per heavy atom. The van der Waals surface area contributed by atoms with Crippen LogP contribution >= 0.6 is 0 Å². The Balaban J connectivity index is 2.03. The third-order valence-electron chi connectivity index (χ3n) is 3.77. The van der Waals surface area contributed by atoms with Crippen molar-refractivity contribution in [2.75, 3.05) is 13.7 Å². The topological polar surface area (TPSA) is 33.0 Å². The average Bonchev–Trinajstić information content (AvgIpc) is 2.40. The van der Waals surface area contributed by atoms with Crippen LogP contribution in [-0.4, -0.2) is 13.7 Å². The van der Waals surface area contributed by atoms with Crippen LogP contribution in [-0.2, 0) is 4.74 Å². The Morgan fingerprint density at radius 3 is 2.59 bits per heavy atom. The summed E-state index contributed by atoms with van der Waals surface area (Å²) in [5, 5.41) is 9.12. The zero-order valence-electron chi connectivity index (χ0n) is 10.4. The molecule has 17 heavy (non-hydrogen) atoms. The Kier molecular flexibility index (Phi) is 4.17. The maximum Gasteiger partial charge on any atom is 0.0994 e. The van der Waals surface area contributed by atoms with Crippen molar-refractivity contribution in [3.8, 4) is 6.07 Å². The van der Waals surface area contributed by atoms with Crippen molar-refractivity contribution in [1.82, 2.24) is 0 Å². The summed E-state index contributed by atoms with van der Waals surface area (Å²) < 4.78 is 5.21. The summed E-state index contributed by atoms with van der Waals surface area (Å²) in [5.74, 6) is 1.28. The molecule has 1 aliphatic carbocycles. The highest BCUT2D eigenvalue weighted by molar-refractivity contribution is 5.39. The van der Waals surface area contributed by atoms with E-state index in [1.807, 2.05) is 18.2 Å². The number of nitriles is 1. The predicted octanol–water partition coefficient (Wildman–Crippen LogP) is 3.48. The van der Waals surface area contributed by atoms with Crippen molar-refractivity contribution in [3.05, 3.63) is 35.4 Å². The summed E-state index contributed by atoms with van der Waals surface area (Å²) in [6.07, 6.45) is 4.82. The molecule has 0 radical (unpaired) electrons. The highest BCUT2D eigenvalue weighted by Crippen LogP contribution is 2.36. The molecule has 0 saturated heterocycles. The molecule has 1 saturated carbocycles. The summed E-state index contributed by atoms with van der Waals surface area (Å²) in [6.45, 7) is 0.882. The van der Waals surface area contributed by atoms with Crippen LogP contribution in [0.15, 0.2) is 24.3 Å². The van der Waals surface area contributed by atoms with Gasteiger partial charge in [-0.3, -0.25) is 0 Å². The molecule has 0 N–H and O–H groups in total. The predicted molar refractivity (Wildman–Crippen MR) is 67.7 cm³/mol. The van der Waals surface area contributed by atoms with Crippen molar-refractivity contribution < 1.29 is 4.74 Å². The van der Waals surface area contributed by atoms with Gasteiger partial charge in [-0.05, 0) is 49.1 Å². The number of benzene rings is 1. The van der Waals surface area contributed by atoms with E-state index in [4.69, 9.17) is 10.00 Å². The Bertz CT molecular complexity index is 400. The third kappa shape index (κ3) is 2.87. The Hall–Kier alpha value is -1.33. The van der Waals surface area contributed by atoms with E-state index in [1.165, 1.54) is 31.2 Å². The lowest BCUT2D eigenvalue weighted by Gasteiger charge is -2.28. The van der Waals surface area contributed by atoms with Gasteiger partial charge in [-0.25, -0.2) is 0 Å². The molecule has 0 aliphatic heterocycles. The van der Waals surface area contributed by atoms with E-state index in [2.05, 4.69) is 12.1 Å². The third-order valence-corrected chi connectivity index (χ3v) is 3.77. The van der Waals surface area contributed by atoms with E-state index >= 15 is 0 Å². The quantitative estimate of drug-likeness (QED) is 0.795. The van der Waals surface area contributed by atoms with Crippen LogP contribution in [0.4, 0.5) is 0 Å². The molecule has 0 bridgehead atoms. The van der Waals surface area contributed by atoms with Crippen molar-refractivity contribution >= 4 is 0 Å². The van der Waals surface area contributed by atoms with Gasteiger partial charge in [0.15, 0.2) is 0 Å². The van der Waals surface area contributed by atoms with Crippen molar-refractivity contribution in [1.29, 1.82) is 5.26 Å². The molecule has 1 aliphatic rings. The molecule has 1 fully saturated rings. The molecular formula is C15H19NO. The second kappa shape index (κ2) is 5.84. The van der Waals surface area contributed by atoms with Crippen LogP contribution in [0.3, 0.4) is 0 Å². The number of hydrogen-bond acceptors (Lipinski definition) is 2. The number of nitrogens with zero attached hydrogens (tertiary/aromatic N) is 1. The van der Waals surface area contributed by atoms with Gasteiger partial charge in [-0.15, -0.1) is 0 Å². The second-order valence-electron chi connectivity index (χ2n) is 4.87. The molecule has 0 unspecified atom stereocenters. The van der Waals surface area contributed by atoms with Gasteiger partial charge in [0.25, 0.3) is 0 Å². The van der Waals surface area contributed by atoms with Crippen LogP contribution in [0, 0.1) is 17.2 Å². The van der Waals surface area contributed by atoms with E-state index in [1.54, 1.807) is 7.11 Å². The minimum Gasteiger partial charge on any atom is -0.384 e. The standard InChI is InChI=1S/C15H19NO/c1-17-11-12-6-8-13(9-7-12)15-5-3-2-4-14(15)10-16/h2-5,12-13H,6-9,11H2,1H3. The Morgan fingerprint density at radius 1 is 1.24 bits per heavy atom. The minimum atomic E-state index is 0.568. The monoisotopic (exact) mass is 229 g/mol. The van der Waals surface area contributed by atoms with Gasteiger partial charge in [-0.1, -0.05) is 18.2 Å². The van der Waals surface area contributed by atoms with Gasteiger partial charge in [0, 0.05) is 13.7 Å².